The van der Waals surface area contributed by atoms with Crippen molar-refractivity contribution < 1.29 is 0 Å². The lowest BCUT2D eigenvalue weighted by Crippen LogP contribution is -2.42. The van der Waals surface area contributed by atoms with Gasteiger partial charge in [-0.2, -0.15) is 0 Å². The van der Waals surface area contributed by atoms with Crippen molar-refractivity contribution in [3.05, 3.63) is 35.4 Å². The summed E-state index contributed by atoms with van der Waals surface area (Å²) < 4.78 is 0. The highest BCUT2D eigenvalue weighted by Gasteiger charge is 2.42. The number of benzene rings is 1. The Morgan fingerprint density at radius 1 is 1.24 bits per heavy atom. The highest BCUT2D eigenvalue weighted by molar-refractivity contribution is 5.93. The molecule has 92 valence electrons. The van der Waals surface area contributed by atoms with Gasteiger partial charge in [-0.15, -0.1) is 0 Å². The zero-order valence-corrected chi connectivity index (χ0v) is 11.2. The Bertz CT molecular complexity index is 396. The molecule has 0 aromatic heterocycles. The minimum Gasteiger partial charge on any atom is -0.309 e. The van der Waals surface area contributed by atoms with Crippen LogP contribution in [0, 0.1) is 18.3 Å². The number of nitrogens with one attached hydrogen (secondary N) is 1. The molecule has 0 radical (unpaired) electrons. The molecule has 2 rings (SSSR count). The van der Waals surface area contributed by atoms with Crippen LogP contribution in [0.1, 0.15) is 50.7 Å². The molecule has 1 aliphatic rings. The number of rotatable bonds is 4. The lowest BCUT2D eigenvalue weighted by Gasteiger charge is -2.43. The SMILES string of the molecule is Cc1ccc(C2(C(=N)CC(C)C)CCC2)cc1. The monoisotopic (exact) mass is 229 g/mol. The summed E-state index contributed by atoms with van der Waals surface area (Å²) in [5.74, 6) is 0.588. The highest BCUT2D eigenvalue weighted by Crippen LogP contribution is 2.45. The summed E-state index contributed by atoms with van der Waals surface area (Å²) >= 11 is 0. The normalized spacial score (nSPS) is 17.9. The molecular formula is C16H23N. The molecule has 1 aromatic rings. The van der Waals surface area contributed by atoms with E-state index in [0.29, 0.717) is 5.92 Å². The van der Waals surface area contributed by atoms with Gasteiger partial charge in [0.15, 0.2) is 0 Å². The summed E-state index contributed by atoms with van der Waals surface area (Å²) in [5, 5.41) is 8.42. The third-order valence-electron chi connectivity index (χ3n) is 4.00. The largest absolute Gasteiger partial charge is 0.309 e. The van der Waals surface area contributed by atoms with E-state index in [9.17, 15) is 0 Å². The van der Waals surface area contributed by atoms with Crippen LogP contribution in [0.2, 0.25) is 0 Å². The van der Waals surface area contributed by atoms with E-state index < -0.39 is 0 Å². The summed E-state index contributed by atoms with van der Waals surface area (Å²) in [7, 11) is 0. The predicted molar refractivity (Wildman–Crippen MR) is 73.9 cm³/mol. The van der Waals surface area contributed by atoms with Crippen molar-refractivity contribution in [3.63, 3.8) is 0 Å². The van der Waals surface area contributed by atoms with Gasteiger partial charge in [-0.25, -0.2) is 0 Å². The molecule has 0 spiro atoms. The Morgan fingerprint density at radius 3 is 2.24 bits per heavy atom. The fourth-order valence-electron chi connectivity index (χ4n) is 2.77. The maximum atomic E-state index is 8.42. The second-order valence-corrected chi connectivity index (χ2v) is 5.88. The molecule has 1 fully saturated rings. The van der Waals surface area contributed by atoms with Crippen molar-refractivity contribution in [1.29, 1.82) is 5.41 Å². The van der Waals surface area contributed by atoms with Gasteiger partial charge < -0.3 is 5.41 Å². The maximum absolute atomic E-state index is 8.42. The molecule has 0 amide bonds. The van der Waals surface area contributed by atoms with Crippen LogP contribution in [0.3, 0.4) is 0 Å². The van der Waals surface area contributed by atoms with Crippen molar-refractivity contribution in [3.8, 4) is 0 Å². The molecule has 0 heterocycles. The minimum atomic E-state index is 0.0813. The van der Waals surface area contributed by atoms with Gasteiger partial charge in [0.25, 0.3) is 0 Å². The van der Waals surface area contributed by atoms with E-state index >= 15 is 0 Å². The number of hydrogen-bond donors (Lipinski definition) is 1. The predicted octanol–water partition coefficient (Wildman–Crippen LogP) is 4.48. The van der Waals surface area contributed by atoms with Gasteiger partial charge in [0, 0.05) is 11.1 Å². The second-order valence-electron chi connectivity index (χ2n) is 5.88. The Kier molecular flexibility index (Phi) is 3.37. The van der Waals surface area contributed by atoms with Crippen LogP contribution in [0.15, 0.2) is 24.3 Å². The first kappa shape index (κ1) is 12.3. The Labute approximate surface area is 105 Å². The second kappa shape index (κ2) is 4.64. The highest BCUT2D eigenvalue weighted by atomic mass is 14.6. The smallest absolute Gasteiger partial charge is 0.0329 e. The summed E-state index contributed by atoms with van der Waals surface area (Å²) in [5.41, 5.74) is 3.69. The van der Waals surface area contributed by atoms with E-state index in [1.807, 2.05) is 0 Å². The summed E-state index contributed by atoms with van der Waals surface area (Å²) in [6.45, 7) is 6.53. The average Bonchev–Trinajstić information content (AvgIpc) is 2.18. The van der Waals surface area contributed by atoms with E-state index in [4.69, 9.17) is 5.41 Å². The molecule has 1 aromatic carbocycles. The Morgan fingerprint density at radius 2 is 1.82 bits per heavy atom. The van der Waals surface area contributed by atoms with Crippen LogP contribution < -0.4 is 0 Å². The molecule has 1 aliphatic carbocycles. The maximum Gasteiger partial charge on any atom is 0.0329 e. The Hall–Kier alpha value is -1.11. The van der Waals surface area contributed by atoms with E-state index in [-0.39, 0.29) is 5.41 Å². The molecule has 0 aliphatic heterocycles. The van der Waals surface area contributed by atoms with Crippen molar-refractivity contribution in [2.75, 3.05) is 0 Å². The van der Waals surface area contributed by atoms with Crippen LogP contribution in [-0.4, -0.2) is 5.71 Å². The zero-order chi connectivity index (χ0) is 12.5. The zero-order valence-electron chi connectivity index (χ0n) is 11.2. The molecule has 17 heavy (non-hydrogen) atoms. The molecule has 0 atom stereocenters. The fraction of sp³-hybridized carbons (Fsp3) is 0.562. The minimum absolute atomic E-state index is 0.0813. The third-order valence-corrected chi connectivity index (χ3v) is 4.00. The first-order valence-corrected chi connectivity index (χ1v) is 6.69. The molecule has 0 saturated heterocycles. The fourth-order valence-corrected chi connectivity index (χ4v) is 2.77. The topological polar surface area (TPSA) is 23.9 Å². The van der Waals surface area contributed by atoms with Crippen molar-refractivity contribution in [1.82, 2.24) is 0 Å². The first-order chi connectivity index (χ1) is 8.04. The Balaban J connectivity index is 2.25. The molecular weight excluding hydrogens is 206 g/mol. The molecule has 1 saturated carbocycles. The molecule has 1 N–H and O–H groups in total. The molecule has 1 heteroatoms. The van der Waals surface area contributed by atoms with E-state index in [1.165, 1.54) is 30.4 Å². The average molecular weight is 229 g/mol. The first-order valence-electron chi connectivity index (χ1n) is 6.69. The van der Waals surface area contributed by atoms with Gasteiger partial charge in [0.05, 0.1) is 0 Å². The lowest BCUT2D eigenvalue weighted by molar-refractivity contribution is 0.331. The number of hydrogen-bond acceptors (Lipinski definition) is 1. The van der Waals surface area contributed by atoms with E-state index in [2.05, 4.69) is 45.0 Å². The van der Waals surface area contributed by atoms with Crippen molar-refractivity contribution >= 4 is 5.71 Å². The molecule has 1 nitrogen and oxygen atoms in total. The standard InChI is InChI=1S/C16H23N/c1-12(2)11-15(17)16(9-4-10-16)14-7-5-13(3)6-8-14/h5-8,12,17H,4,9-11H2,1-3H3. The van der Waals surface area contributed by atoms with Crippen molar-refractivity contribution in [2.45, 2.75) is 51.9 Å². The van der Waals surface area contributed by atoms with Gasteiger partial charge >= 0.3 is 0 Å². The van der Waals surface area contributed by atoms with Gasteiger partial charge in [0.2, 0.25) is 0 Å². The summed E-state index contributed by atoms with van der Waals surface area (Å²) in [6, 6.07) is 8.81. The van der Waals surface area contributed by atoms with Crippen LogP contribution >= 0.6 is 0 Å². The van der Waals surface area contributed by atoms with Crippen LogP contribution in [-0.2, 0) is 5.41 Å². The van der Waals surface area contributed by atoms with Gasteiger partial charge in [-0.05, 0) is 37.7 Å². The third kappa shape index (κ3) is 2.29. The quantitative estimate of drug-likeness (QED) is 0.736. The number of aryl methyl sites for hydroxylation is 1. The summed E-state index contributed by atoms with van der Waals surface area (Å²) in [6.07, 6.45) is 4.55. The molecule has 0 unspecified atom stereocenters. The van der Waals surface area contributed by atoms with Crippen LogP contribution in [0.4, 0.5) is 0 Å². The van der Waals surface area contributed by atoms with E-state index in [1.54, 1.807) is 0 Å². The van der Waals surface area contributed by atoms with E-state index in [0.717, 1.165) is 12.1 Å². The van der Waals surface area contributed by atoms with Crippen molar-refractivity contribution in [2.24, 2.45) is 5.92 Å². The van der Waals surface area contributed by atoms with Gasteiger partial charge in [-0.1, -0.05) is 50.1 Å². The molecule has 0 bridgehead atoms. The van der Waals surface area contributed by atoms with Crippen LogP contribution in [0.25, 0.3) is 0 Å². The van der Waals surface area contributed by atoms with Gasteiger partial charge in [0.1, 0.15) is 0 Å². The lowest BCUT2D eigenvalue weighted by atomic mass is 9.60. The van der Waals surface area contributed by atoms with Gasteiger partial charge in [-0.3, -0.25) is 0 Å². The summed E-state index contributed by atoms with van der Waals surface area (Å²) in [4.78, 5) is 0. The van der Waals surface area contributed by atoms with Crippen LogP contribution in [0.5, 0.6) is 0 Å².